The molecule has 102 valence electrons. The van der Waals surface area contributed by atoms with Gasteiger partial charge in [-0.1, -0.05) is 66.7 Å². The van der Waals surface area contributed by atoms with Crippen molar-refractivity contribution in [3.63, 3.8) is 0 Å². The average molecular weight is 266 g/mol. The molecule has 2 aromatic carbocycles. The molecule has 0 radical (unpaired) electrons. The Morgan fingerprint density at radius 1 is 1.00 bits per heavy atom. The fraction of sp³-hybridized carbons (Fsp3) is 0.167. The van der Waals surface area contributed by atoms with Crippen LogP contribution in [0.3, 0.4) is 0 Å². The van der Waals surface area contributed by atoms with Crippen molar-refractivity contribution in [3.05, 3.63) is 77.9 Å². The molecule has 0 aliphatic rings. The highest BCUT2D eigenvalue weighted by Crippen LogP contribution is 2.11. The van der Waals surface area contributed by atoms with Crippen molar-refractivity contribution in [1.29, 1.82) is 0 Å². The maximum Gasteiger partial charge on any atom is 0.161 e. The fourth-order valence-electron chi connectivity index (χ4n) is 2.03. The van der Waals surface area contributed by atoms with Gasteiger partial charge in [0.2, 0.25) is 0 Å². The van der Waals surface area contributed by atoms with Crippen LogP contribution in [0.15, 0.2) is 66.7 Å². The number of carbonyl (C=O) groups excluding carboxylic acids is 1. The van der Waals surface area contributed by atoms with Gasteiger partial charge in [0.25, 0.3) is 0 Å². The molecule has 20 heavy (non-hydrogen) atoms. The lowest BCUT2D eigenvalue weighted by Gasteiger charge is -2.10. The Morgan fingerprint density at radius 3 is 2.20 bits per heavy atom. The van der Waals surface area contributed by atoms with E-state index in [-0.39, 0.29) is 18.3 Å². The maximum atomic E-state index is 12.1. The third-order valence-corrected chi connectivity index (χ3v) is 3.19. The fourth-order valence-corrected chi connectivity index (χ4v) is 2.03. The number of ketones is 1. The molecule has 0 bridgehead atoms. The third-order valence-electron chi connectivity index (χ3n) is 3.19. The minimum absolute atomic E-state index is 0.0415. The Morgan fingerprint density at radius 2 is 1.60 bits per heavy atom. The first kappa shape index (κ1) is 14.2. The second kappa shape index (κ2) is 7.41. The molecule has 0 saturated heterocycles. The number of carbonyl (C=O) groups is 1. The first-order valence-corrected chi connectivity index (χ1v) is 6.71. The molecule has 0 saturated carbocycles. The van der Waals surface area contributed by atoms with Crippen LogP contribution < -0.4 is 0 Å². The molecule has 1 atom stereocenters. The van der Waals surface area contributed by atoms with E-state index in [2.05, 4.69) is 0 Å². The van der Waals surface area contributed by atoms with Gasteiger partial charge in [0.15, 0.2) is 5.78 Å². The molecule has 2 nitrogen and oxygen atoms in total. The summed E-state index contributed by atoms with van der Waals surface area (Å²) in [5.74, 6) is -0.419. The summed E-state index contributed by atoms with van der Waals surface area (Å²) >= 11 is 0. The largest absolute Gasteiger partial charge is 0.396 e. The van der Waals surface area contributed by atoms with Crippen molar-refractivity contribution in [2.75, 3.05) is 6.61 Å². The van der Waals surface area contributed by atoms with E-state index in [1.807, 2.05) is 60.7 Å². The van der Waals surface area contributed by atoms with Gasteiger partial charge >= 0.3 is 0 Å². The molecule has 1 unspecified atom stereocenters. The van der Waals surface area contributed by atoms with E-state index >= 15 is 0 Å². The van der Waals surface area contributed by atoms with Gasteiger partial charge in [-0.3, -0.25) is 4.79 Å². The van der Waals surface area contributed by atoms with E-state index in [4.69, 9.17) is 0 Å². The second-order valence-corrected chi connectivity index (χ2v) is 4.72. The molecule has 0 aliphatic carbocycles. The van der Waals surface area contributed by atoms with Crippen LogP contribution in [-0.4, -0.2) is 17.5 Å². The summed E-state index contributed by atoms with van der Waals surface area (Å²) in [7, 11) is 0. The average Bonchev–Trinajstić information content (AvgIpc) is 2.52. The smallest absolute Gasteiger partial charge is 0.161 e. The highest BCUT2D eigenvalue weighted by Gasteiger charge is 2.15. The zero-order chi connectivity index (χ0) is 14.2. The number of hydrogen-bond acceptors (Lipinski definition) is 2. The molecule has 2 rings (SSSR count). The standard InChI is InChI=1S/C18H18O2/c19-14-17(13-16-9-5-2-6-10-16)18(20)12-11-15-7-3-1-4-8-15/h1-12,17,19H,13-14H2. The summed E-state index contributed by atoms with van der Waals surface area (Å²) in [5, 5.41) is 9.40. The van der Waals surface area contributed by atoms with Crippen molar-refractivity contribution in [3.8, 4) is 0 Å². The van der Waals surface area contributed by atoms with Crippen LogP contribution in [0.2, 0.25) is 0 Å². The van der Waals surface area contributed by atoms with Crippen molar-refractivity contribution in [2.24, 2.45) is 5.92 Å². The van der Waals surface area contributed by atoms with E-state index in [0.717, 1.165) is 11.1 Å². The van der Waals surface area contributed by atoms with Crippen molar-refractivity contribution in [1.82, 2.24) is 0 Å². The van der Waals surface area contributed by atoms with Crippen LogP contribution in [0.25, 0.3) is 6.08 Å². The second-order valence-electron chi connectivity index (χ2n) is 4.72. The number of benzene rings is 2. The topological polar surface area (TPSA) is 37.3 Å². The highest BCUT2D eigenvalue weighted by atomic mass is 16.3. The number of aliphatic hydroxyl groups excluding tert-OH is 1. The molecule has 0 aromatic heterocycles. The van der Waals surface area contributed by atoms with Gasteiger partial charge in [-0.25, -0.2) is 0 Å². The van der Waals surface area contributed by atoms with Crippen LogP contribution in [0.5, 0.6) is 0 Å². The van der Waals surface area contributed by atoms with Crippen LogP contribution in [-0.2, 0) is 11.2 Å². The molecule has 0 heterocycles. The number of aliphatic hydroxyl groups is 1. The highest BCUT2D eigenvalue weighted by molar-refractivity contribution is 5.95. The van der Waals surface area contributed by atoms with Crippen LogP contribution in [0.4, 0.5) is 0 Å². The van der Waals surface area contributed by atoms with Crippen LogP contribution in [0.1, 0.15) is 11.1 Å². The quantitative estimate of drug-likeness (QED) is 0.816. The zero-order valence-electron chi connectivity index (χ0n) is 11.3. The molecular weight excluding hydrogens is 248 g/mol. The Bertz CT molecular complexity index is 558. The molecule has 0 aliphatic heterocycles. The van der Waals surface area contributed by atoms with E-state index in [9.17, 15) is 9.90 Å². The van der Waals surface area contributed by atoms with E-state index in [1.165, 1.54) is 0 Å². The summed E-state index contributed by atoms with van der Waals surface area (Å²) in [5.41, 5.74) is 2.05. The predicted octanol–water partition coefficient (Wildman–Crippen LogP) is 3.12. The molecule has 1 N–H and O–H groups in total. The minimum Gasteiger partial charge on any atom is -0.396 e. The summed E-state index contributed by atoms with van der Waals surface area (Å²) in [6, 6.07) is 19.4. The molecular formula is C18H18O2. The SMILES string of the molecule is O=C(C=Cc1ccccc1)C(CO)Cc1ccccc1. The number of rotatable bonds is 6. The van der Waals surface area contributed by atoms with Gasteiger partial charge in [-0.05, 0) is 23.6 Å². The van der Waals surface area contributed by atoms with Crippen LogP contribution in [0, 0.1) is 5.92 Å². The normalized spacial score (nSPS) is 12.4. The van der Waals surface area contributed by atoms with Gasteiger partial charge in [0.05, 0.1) is 6.61 Å². The number of hydrogen-bond donors (Lipinski definition) is 1. The van der Waals surface area contributed by atoms with Gasteiger partial charge in [0, 0.05) is 5.92 Å². The lowest BCUT2D eigenvalue weighted by atomic mass is 9.95. The first-order chi connectivity index (χ1) is 9.79. The Kier molecular flexibility index (Phi) is 5.27. The number of allylic oxidation sites excluding steroid dienone is 1. The molecule has 0 spiro atoms. The Balaban J connectivity index is 2.01. The van der Waals surface area contributed by atoms with E-state index in [1.54, 1.807) is 12.2 Å². The van der Waals surface area contributed by atoms with Crippen LogP contribution >= 0.6 is 0 Å². The van der Waals surface area contributed by atoms with Gasteiger partial charge in [-0.2, -0.15) is 0 Å². The van der Waals surface area contributed by atoms with Crippen molar-refractivity contribution >= 4 is 11.9 Å². The maximum absolute atomic E-state index is 12.1. The Hall–Kier alpha value is -2.19. The monoisotopic (exact) mass is 266 g/mol. The molecule has 2 aromatic rings. The van der Waals surface area contributed by atoms with Gasteiger partial charge < -0.3 is 5.11 Å². The molecule has 0 amide bonds. The minimum atomic E-state index is -0.377. The van der Waals surface area contributed by atoms with E-state index in [0.29, 0.717) is 6.42 Å². The first-order valence-electron chi connectivity index (χ1n) is 6.71. The summed E-state index contributed by atoms with van der Waals surface area (Å²) in [6.45, 7) is -0.132. The Labute approximate surface area is 119 Å². The predicted molar refractivity (Wildman–Crippen MR) is 81.2 cm³/mol. The van der Waals surface area contributed by atoms with Crippen molar-refractivity contribution < 1.29 is 9.90 Å². The zero-order valence-corrected chi connectivity index (χ0v) is 11.3. The summed E-state index contributed by atoms with van der Waals surface area (Å²) in [4.78, 5) is 12.1. The van der Waals surface area contributed by atoms with Gasteiger partial charge in [0.1, 0.15) is 0 Å². The lowest BCUT2D eigenvalue weighted by molar-refractivity contribution is -0.119. The van der Waals surface area contributed by atoms with E-state index < -0.39 is 0 Å². The van der Waals surface area contributed by atoms with Gasteiger partial charge in [-0.15, -0.1) is 0 Å². The summed E-state index contributed by atoms with van der Waals surface area (Å²) in [6.07, 6.45) is 3.91. The van der Waals surface area contributed by atoms with Crippen molar-refractivity contribution in [2.45, 2.75) is 6.42 Å². The lowest BCUT2D eigenvalue weighted by Crippen LogP contribution is -2.19. The molecule has 2 heteroatoms. The summed E-state index contributed by atoms with van der Waals surface area (Å²) < 4.78 is 0. The molecule has 0 fully saturated rings. The third kappa shape index (κ3) is 4.18.